The lowest BCUT2D eigenvalue weighted by Crippen LogP contribution is -2.35. The number of ether oxygens (including phenoxy) is 1. The summed E-state index contributed by atoms with van der Waals surface area (Å²) >= 11 is 0. The van der Waals surface area contributed by atoms with Crippen LogP contribution in [0.2, 0.25) is 0 Å². The molecule has 6 heteroatoms. The molecule has 0 aliphatic heterocycles. The molecule has 1 saturated carbocycles. The van der Waals surface area contributed by atoms with Crippen LogP contribution in [-0.4, -0.2) is 28.4 Å². The number of amides is 1. The lowest BCUT2D eigenvalue weighted by molar-refractivity contribution is 0.0925. The number of hydrogen-bond acceptors (Lipinski definition) is 4. The summed E-state index contributed by atoms with van der Waals surface area (Å²) in [7, 11) is 1.63. The van der Waals surface area contributed by atoms with Crippen molar-refractivity contribution in [3.05, 3.63) is 41.7 Å². The molecule has 0 atom stereocenters. The van der Waals surface area contributed by atoms with E-state index in [1.165, 1.54) is 6.20 Å². The molecule has 1 aromatic carbocycles. The number of para-hydroxylation sites is 1. The van der Waals surface area contributed by atoms with Crippen molar-refractivity contribution < 1.29 is 9.53 Å². The number of hydrogen-bond donors (Lipinski definition) is 2. The Morgan fingerprint density at radius 2 is 2.21 bits per heavy atom. The van der Waals surface area contributed by atoms with E-state index in [-0.39, 0.29) is 11.4 Å². The van der Waals surface area contributed by atoms with Crippen LogP contribution in [0.5, 0.6) is 5.75 Å². The highest BCUT2D eigenvalue weighted by Gasteiger charge is 2.47. The molecule has 98 valence electrons. The Kier molecular flexibility index (Phi) is 2.70. The Hall–Kier alpha value is -2.37. The predicted molar refractivity (Wildman–Crippen MR) is 67.8 cm³/mol. The van der Waals surface area contributed by atoms with Crippen LogP contribution in [0.4, 0.5) is 0 Å². The Balaban J connectivity index is 1.86. The number of nitrogens with zero attached hydrogens (tertiary/aromatic N) is 2. The lowest BCUT2D eigenvalue weighted by atomic mass is 10.0. The lowest BCUT2D eigenvalue weighted by Gasteiger charge is -2.19. The largest absolute Gasteiger partial charge is 0.496 e. The maximum absolute atomic E-state index is 12.1. The van der Waals surface area contributed by atoms with Gasteiger partial charge in [-0.15, -0.1) is 0 Å². The van der Waals surface area contributed by atoms with Gasteiger partial charge in [0, 0.05) is 5.56 Å². The van der Waals surface area contributed by atoms with Crippen LogP contribution in [0.15, 0.2) is 30.5 Å². The molecule has 0 spiro atoms. The molecule has 1 heterocycles. The Bertz CT molecular complexity index is 590. The maximum Gasteiger partial charge on any atom is 0.274 e. The quantitative estimate of drug-likeness (QED) is 0.864. The molecule has 1 aliphatic carbocycles. The minimum atomic E-state index is -0.331. The second kappa shape index (κ2) is 4.38. The van der Waals surface area contributed by atoms with E-state index < -0.39 is 0 Å². The summed E-state index contributed by atoms with van der Waals surface area (Å²) in [6.45, 7) is 0. The van der Waals surface area contributed by atoms with Gasteiger partial charge in [0.25, 0.3) is 5.91 Å². The Morgan fingerprint density at radius 1 is 1.42 bits per heavy atom. The molecule has 1 fully saturated rings. The third-order valence-corrected chi connectivity index (χ3v) is 3.37. The van der Waals surface area contributed by atoms with Gasteiger partial charge in [-0.3, -0.25) is 4.79 Å². The van der Waals surface area contributed by atoms with Gasteiger partial charge in [-0.25, -0.2) is 0 Å². The summed E-state index contributed by atoms with van der Waals surface area (Å²) in [6.07, 6.45) is 3.21. The van der Waals surface area contributed by atoms with Crippen molar-refractivity contribution in [1.29, 1.82) is 0 Å². The van der Waals surface area contributed by atoms with E-state index in [0.717, 1.165) is 24.2 Å². The average molecular weight is 258 g/mol. The van der Waals surface area contributed by atoms with Crippen molar-refractivity contribution in [2.45, 2.75) is 18.4 Å². The first kappa shape index (κ1) is 11.7. The van der Waals surface area contributed by atoms with Gasteiger partial charge in [0.05, 0.1) is 18.8 Å². The molecule has 1 aliphatic rings. The van der Waals surface area contributed by atoms with Gasteiger partial charge in [0.1, 0.15) is 5.75 Å². The van der Waals surface area contributed by atoms with E-state index in [1.807, 2.05) is 24.3 Å². The number of aromatic nitrogens is 3. The molecule has 0 bridgehead atoms. The number of methoxy groups -OCH3 is 1. The fourth-order valence-corrected chi connectivity index (χ4v) is 2.22. The highest BCUT2D eigenvalue weighted by Crippen LogP contribution is 2.48. The molecule has 2 aromatic rings. The zero-order valence-corrected chi connectivity index (χ0v) is 10.5. The van der Waals surface area contributed by atoms with Crippen LogP contribution in [0, 0.1) is 0 Å². The third kappa shape index (κ3) is 2.05. The first-order valence-corrected chi connectivity index (χ1v) is 6.07. The fourth-order valence-electron chi connectivity index (χ4n) is 2.22. The molecule has 0 saturated heterocycles. The van der Waals surface area contributed by atoms with Gasteiger partial charge in [0.15, 0.2) is 5.69 Å². The molecular formula is C13H14N4O2. The number of carbonyl (C=O) groups excluding carboxylic acids is 1. The summed E-state index contributed by atoms with van der Waals surface area (Å²) in [5, 5.41) is 12.9. The van der Waals surface area contributed by atoms with Gasteiger partial charge in [-0.2, -0.15) is 15.4 Å². The van der Waals surface area contributed by atoms with Crippen LogP contribution < -0.4 is 10.1 Å². The van der Waals surface area contributed by atoms with Crippen molar-refractivity contribution in [2.24, 2.45) is 0 Å². The number of aromatic amines is 1. The van der Waals surface area contributed by atoms with Crippen molar-refractivity contribution in [2.75, 3.05) is 7.11 Å². The normalized spacial score (nSPS) is 15.8. The second-order valence-electron chi connectivity index (χ2n) is 4.59. The van der Waals surface area contributed by atoms with Gasteiger partial charge in [-0.05, 0) is 18.9 Å². The van der Waals surface area contributed by atoms with Crippen LogP contribution in [0.3, 0.4) is 0 Å². The zero-order chi connectivity index (χ0) is 13.3. The van der Waals surface area contributed by atoms with Gasteiger partial charge < -0.3 is 10.1 Å². The van der Waals surface area contributed by atoms with Gasteiger partial charge in [-0.1, -0.05) is 18.2 Å². The van der Waals surface area contributed by atoms with E-state index in [2.05, 4.69) is 20.7 Å². The zero-order valence-electron chi connectivity index (χ0n) is 10.5. The summed E-state index contributed by atoms with van der Waals surface area (Å²) in [5.41, 5.74) is 0.971. The first-order valence-electron chi connectivity index (χ1n) is 6.07. The highest BCUT2D eigenvalue weighted by atomic mass is 16.5. The Labute approximate surface area is 110 Å². The van der Waals surface area contributed by atoms with Crippen molar-refractivity contribution in [1.82, 2.24) is 20.7 Å². The molecule has 6 nitrogen and oxygen atoms in total. The van der Waals surface area contributed by atoms with Crippen LogP contribution in [-0.2, 0) is 5.54 Å². The van der Waals surface area contributed by atoms with Crippen LogP contribution in [0.25, 0.3) is 0 Å². The fraction of sp³-hybridized carbons (Fsp3) is 0.308. The number of H-pyrrole nitrogens is 1. The van der Waals surface area contributed by atoms with Crippen LogP contribution >= 0.6 is 0 Å². The number of nitrogens with one attached hydrogen (secondary N) is 2. The van der Waals surface area contributed by atoms with E-state index in [1.54, 1.807) is 7.11 Å². The Morgan fingerprint density at radius 3 is 2.84 bits per heavy atom. The number of rotatable bonds is 4. The smallest absolute Gasteiger partial charge is 0.274 e. The average Bonchev–Trinajstić information content (AvgIpc) is 3.01. The van der Waals surface area contributed by atoms with Crippen molar-refractivity contribution in [3.63, 3.8) is 0 Å². The molecule has 1 amide bonds. The van der Waals surface area contributed by atoms with Gasteiger partial charge >= 0.3 is 0 Å². The SMILES string of the molecule is COc1ccccc1C1(NC(=O)c2cn[nH]n2)CC1. The molecule has 19 heavy (non-hydrogen) atoms. The van der Waals surface area contributed by atoms with Crippen molar-refractivity contribution in [3.8, 4) is 5.75 Å². The summed E-state index contributed by atoms with van der Waals surface area (Å²) < 4.78 is 5.36. The summed E-state index contributed by atoms with van der Waals surface area (Å²) in [4.78, 5) is 12.1. The summed E-state index contributed by atoms with van der Waals surface area (Å²) in [5.74, 6) is 0.567. The predicted octanol–water partition coefficient (Wildman–Crippen LogP) is 1.23. The minimum Gasteiger partial charge on any atom is -0.496 e. The molecule has 3 rings (SSSR count). The van der Waals surface area contributed by atoms with E-state index >= 15 is 0 Å². The minimum absolute atomic E-state index is 0.225. The maximum atomic E-state index is 12.1. The highest BCUT2D eigenvalue weighted by molar-refractivity contribution is 5.92. The molecule has 2 N–H and O–H groups in total. The monoisotopic (exact) mass is 258 g/mol. The molecule has 0 radical (unpaired) electrons. The van der Waals surface area contributed by atoms with E-state index in [9.17, 15) is 4.79 Å². The summed E-state index contributed by atoms with van der Waals surface area (Å²) in [6, 6.07) is 7.74. The van der Waals surface area contributed by atoms with Gasteiger partial charge in [0.2, 0.25) is 0 Å². The molecular weight excluding hydrogens is 244 g/mol. The third-order valence-electron chi connectivity index (χ3n) is 3.37. The van der Waals surface area contributed by atoms with E-state index in [4.69, 9.17) is 4.74 Å². The molecule has 1 aromatic heterocycles. The number of carbonyl (C=O) groups is 1. The topological polar surface area (TPSA) is 79.9 Å². The molecule has 0 unspecified atom stereocenters. The standard InChI is InChI=1S/C13H14N4O2/c1-19-11-5-3-2-4-9(11)13(6-7-13)15-12(18)10-8-14-17-16-10/h2-5,8H,6-7H2,1H3,(H,15,18)(H,14,16,17). The first-order chi connectivity index (χ1) is 9.25. The van der Waals surface area contributed by atoms with E-state index in [0.29, 0.717) is 5.69 Å². The van der Waals surface area contributed by atoms with Crippen molar-refractivity contribution >= 4 is 5.91 Å². The second-order valence-corrected chi connectivity index (χ2v) is 4.59. The van der Waals surface area contributed by atoms with Crippen LogP contribution in [0.1, 0.15) is 28.9 Å². The number of benzene rings is 1.